The highest BCUT2D eigenvalue weighted by Gasteiger charge is 2.21. The van der Waals surface area contributed by atoms with Gasteiger partial charge in [0.25, 0.3) is 0 Å². The Labute approximate surface area is 111 Å². The van der Waals surface area contributed by atoms with Crippen LogP contribution in [0.3, 0.4) is 0 Å². The first-order valence-electron chi connectivity index (χ1n) is 6.51. The number of pyridine rings is 1. The van der Waals surface area contributed by atoms with Crippen molar-refractivity contribution >= 4 is 11.6 Å². The largest absolute Gasteiger partial charge is 0.261 e. The lowest BCUT2D eigenvalue weighted by Crippen LogP contribution is -2.20. The average Bonchev–Trinajstić information content (AvgIpc) is 2.28. The predicted octanol–water partition coefficient (Wildman–Crippen LogP) is 4.62. The zero-order valence-electron chi connectivity index (χ0n) is 11.5. The number of alkyl halides is 1. The smallest absolute Gasteiger partial charge is 0.0403 e. The van der Waals surface area contributed by atoms with E-state index >= 15 is 0 Å². The van der Waals surface area contributed by atoms with E-state index in [0.29, 0.717) is 0 Å². The Morgan fingerprint density at radius 2 is 2.00 bits per heavy atom. The van der Waals surface area contributed by atoms with Crippen molar-refractivity contribution < 1.29 is 0 Å². The van der Waals surface area contributed by atoms with Crippen LogP contribution in [0.1, 0.15) is 51.8 Å². The molecule has 2 heteroatoms. The fourth-order valence-corrected chi connectivity index (χ4v) is 1.86. The minimum absolute atomic E-state index is 0.195. The van der Waals surface area contributed by atoms with Crippen LogP contribution >= 0.6 is 11.6 Å². The summed E-state index contributed by atoms with van der Waals surface area (Å²) < 4.78 is 0. The molecule has 0 aliphatic heterocycles. The Morgan fingerprint density at radius 3 is 2.47 bits per heavy atom. The summed E-state index contributed by atoms with van der Waals surface area (Å²) in [5.74, 6) is 0. The van der Waals surface area contributed by atoms with Crippen molar-refractivity contribution in [1.29, 1.82) is 0 Å². The molecule has 96 valence electrons. The van der Waals surface area contributed by atoms with Gasteiger partial charge in [-0.1, -0.05) is 33.8 Å². The predicted molar refractivity (Wildman–Crippen MR) is 75.6 cm³/mol. The molecular weight excluding hydrogens is 230 g/mol. The van der Waals surface area contributed by atoms with Crippen molar-refractivity contribution in [2.75, 3.05) is 0 Å². The third-order valence-corrected chi connectivity index (χ3v) is 4.00. The van der Waals surface area contributed by atoms with Gasteiger partial charge in [-0.15, -0.1) is 11.6 Å². The fraction of sp³-hybridized carbons (Fsp3) is 0.667. The first-order valence-corrected chi connectivity index (χ1v) is 6.95. The van der Waals surface area contributed by atoms with Crippen molar-refractivity contribution in [2.45, 2.75) is 58.8 Å². The number of aromatic nitrogens is 1. The Balaban J connectivity index is 2.35. The van der Waals surface area contributed by atoms with E-state index in [4.69, 9.17) is 11.6 Å². The third kappa shape index (κ3) is 5.08. The molecule has 0 fully saturated rings. The minimum Gasteiger partial charge on any atom is -0.261 e. The van der Waals surface area contributed by atoms with Gasteiger partial charge in [-0.25, -0.2) is 0 Å². The van der Waals surface area contributed by atoms with Crippen LogP contribution in [0, 0.1) is 5.41 Å². The van der Waals surface area contributed by atoms with Crippen molar-refractivity contribution in [2.24, 2.45) is 5.41 Å². The van der Waals surface area contributed by atoms with E-state index in [1.165, 1.54) is 11.3 Å². The molecule has 0 saturated carbocycles. The molecule has 1 atom stereocenters. The molecular formula is C15H24ClN. The summed E-state index contributed by atoms with van der Waals surface area (Å²) >= 11 is 6.35. The Morgan fingerprint density at radius 1 is 1.29 bits per heavy atom. The molecule has 0 bridgehead atoms. The molecule has 0 saturated heterocycles. The Kier molecular flexibility index (Phi) is 5.45. The maximum atomic E-state index is 6.35. The molecule has 1 nitrogen and oxygen atoms in total. The normalized spacial score (nSPS) is 13.7. The fourth-order valence-electron chi connectivity index (χ4n) is 1.71. The second-order valence-electron chi connectivity index (χ2n) is 5.74. The zero-order valence-corrected chi connectivity index (χ0v) is 12.2. The lowest BCUT2D eigenvalue weighted by molar-refractivity contribution is 0.368. The summed E-state index contributed by atoms with van der Waals surface area (Å²) in [6.07, 6.45) is 6.24. The number of hydrogen-bond acceptors (Lipinski definition) is 1. The van der Waals surface area contributed by atoms with Crippen molar-refractivity contribution in [3.63, 3.8) is 0 Å². The zero-order chi connectivity index (χ0) is 12.9. The molecule has 0 N–H and O–H groups in total. The van der Waals surface area contributed by atoms with E-state index in [1.807, 2.05) is 6.20 Å². The molecule has 0 aromatic carbocycles. The summed E-state index contributed by atoms with van der Waals surface area (Å²) in [6, 6.07) is 4.31. The molecule has 0 spiro atoms. The number of halogens is 1. The number of rotatable bonds is 5. The lowest BCUT2D eigenvalue weighted by atomic mass is 9.88. The monoisotopic (exact) mass is 253 g/mol. The standard InChI is InChI=1S/C15H24ClN/c1-5-12-9-10-13(17-11-12)7-6-8-14(16)15(2,3)4/h9-11,14H,5-8H2,1-4H3. The van der Waals surface area contributed by atoms with E-state index in [-0.39, 0.29) is 10.8 Å². The SMILES string of the molecule is CCc1ccc(CCCC(Cl)C(C)(C)C)nc1. The summed E-state index contributed by atoms with van der Waals surface area (Å²) in [5.41, 5.74) is 2.68. The maximum absolute atomic E-state index is 6.35. The minimum atomic E-state index is 0.195. The molecule has 1 aromatic heterocycles. The van der Waals surface area contributed by atoms with Crippen LogP contribution in [0.2, 0.25) is 0 Å². The first kappa shape index (κ1) is 14.5. The summed E-state index contributed by atoms with van der Waals surface area (Å²) in [7, 11) is 0. The summed E-state index contributed by atoms with van der Waals surface area (Å²) in [5, 5.41) is 0.248. The molecule has 1 heterocycles. The van der Waals surface area contributed by atoms with Gasteiger partial charge in [0.1, 0.15) is 0 Å². The first-order chi connectivity index (χ1) is 7.93. The summed E-state index contributed by atoms with van der Waals surface area (Å²) in [6.45, 7) is 8.73. The van der Waals surface area contributed by atoms with E-state index in [9.17, 15) is 0 Å². The molecule has 0 aliphatic rings. The Bertz CT molecular complexity index is 324. The number of nitrogens with zero attached hydrogens (tertiary/aromatic N) is 1. The van der Waals surface area contributed by atoms with Gasteiger partial charge >= 0.3 is 0 Å². The van der Waals surface area contributed by atoms with Gasteiger partial charge in [0, 0.05) is 17.3 Å². The second-order valence-corrected chi connectivity index (χ2v) is 6.26. The molecule has 0 aliphatic carbocycles. The quantitative estimate of drug-likeness (QED) is 0.698. The van der Waals surface area contributed by atoms with Gasteiger partial charge in [0.2, 0.25) is 0 Å². The maximum Gasteiger partial charge on any atom is 0.0403 e. The average molecular weight is 254 g/mol. The van der Waals surface area contributed by atoms with Gasteiger partial charge in [-0.3, -0.25) is 4.98 Å². The van der Waals surface area contributed by atoms with Gasteiger partial charge in [0.15, 0.2) is 0 Å². The highest BCUT2D eigenvalue weighted by molar-refractivity contribution is 6.21. The number of hydrogen-bond donors (Lipinski definition) is 0. The molecule has 0 amide bonds. The van der Waals surface area contributed by atoms with Crippen LogP contribution in [-0.2, 0) is 12.8 Å². The topological polar surface area (TPSA) is 12.9 Å². The van der Waals surface area contributed by atoms with Crippen LogP contribution in [0.4, 0.5) is 0 Å². The van der Waals surface area contributed by atoms with E-state index < -0.39 is 0 Å². The Hall–Kier alpha value is -0.560. The van der Waals surface area contributed by atoms with Gasteiger partial charge < -0.3 is 0 Å². The van der Waals surface area contributed by atoms with Crippen LogP contribution in [0.15, 0.2) is 18.3 Å². The van der Waals surface area contributed by atoms with Gasteiger partial charge in [-0.05, 0) is 42.7 Å². The van der Waals surface area contributed by atoms with Crippen molar-refractivity contribution in [1.82, 2.24) is 4.98 Å². The lowest BCUT2D eigenvalue weighted by Gasteiger charge is -2.24. The van der Waals surface area contributed by atoms with Gasteiger partial charge in [-0.2, -0.15) is 0 Å². The molecule has 1 aromatic rings. The van der Waals surface area contributed by atoms with E-state index in [1.54, 1.807) is 0 Å². The molecule has 17 heavy (non-hydrogen) atoms. The van der Waals surface area contributed by atoms with E-state index in [0.717, 1.165) is 25.7 Å². The molecule has 1 rings (SSSR count). The summed E-state index contributed by atoms with van der Waals surface area (Å²) in [4.78, 5) is 4.47. The van der Waals surface area contributed by atoms with Crippen LogP contribution in [0.5, 0.6) is 0 Å². The van der Waals surface area contributed by atoms with Gasteiger partial charge in [0.05, 0.1) is 0 Å². The van der Waals surface area contributed by atoms with E-state index in [2.05, 4.69) is 44.8 Å². The molecule has 0 radical (unpaired) electrons. The van der Waals surface area contributed by atoms with Crippen LogP contribution in [-0.4, -0.2) is 10.4 Å². The highest BCUT2D eigenvalue weighted by Crippen LogP contribution is 2.28. The molecule has 1 unspecified atom stereocenters. The van der Waals surface area contributed by atoms with Crippen LogP contribution < -0.4 is 0 Å². The van der Waals surface area contributed by atoms with Crippen LogP contribution in [0.25, 0.3) is 0 Å². The van der Waals surface area contributed by atoms with Crippen molar-refractivity contribution in [3.8, 4) is 0 Å². The highest BCUT2D eigenvalue weighted by atomic mass is 35.5. The van der Waals surface area contributed by atoms with Crippen molar-refractivity contribution in [3.05, 3.63) is 29.6 Å². The second kappa shape index (κ2) is 6.39. The number of aryl methyl sites for hydroxylation is 2. The third-order valence-electron chi connectivity index (χ3n) is 3.12.